The Morgan fingerprint density at radius 2 is 1.71 bits per heavy atom. The number of pyridine rings is 1. The zero-order valence-corrected chi connectivity index (χ0v) is 11.2. The van der Waals surface area contributed by atoms with Crippen LogP contribution in [0.15, 0.2) is 78.4 Å². The second-order valence-electron chi connectivity index (χ2n) is 4.25. The van der Waals surface area contributed by atoms with Crippen LogP contribution < -0.4 is 5.43 Å². The van der Waals surface area contributed by atoms with Crippen LogP contribution in [0, 0.1) is 0 Å². The third kappa shape index (κ3) is 3.27. The molecule has 102 valence electrons. The van der Waals surface area contributed by atoms with Gasteiger partial charge in [-0.1, -0.05) is 36.4 Å². The maximum atomic E-state index is 4.45. The smallest absolute Gasteiger partial charge is 0.149 e. The molecule has 1 N–H and O–H groups in total. The van der Waals surface area contributed by atoms with E-state index in [1.54, 1.807) is 18.5 Å². The number of anilines is 1. The van der Waals surface area contributed by atoms with Crippen LogP contribution >= 0.6 is 0 Å². The summed E-state index contributed by atoms with van der Waals surface area (Å²) in [6, 6.07) is 17.4. The van der Waals surface area contributed by atoms with E-state index in [-0.39, 0.29) is 0 Å². The molecule has 1 aromatic carbocycles. The van der Waals surface area contributed by atoms with Crippen LogP contribution in [0.3, 0.4) is 0 Å². The van der Waals surface area contributed by atoms with Crippen molar-refractivity contribution in [3.63, 3.8) is 0 Å². The van der Waals surface area contributed by atoms with Crippen molar-refractivity contribution in [2.75, 3.05) is 5.43 Å². The number of hydrogen-bond acceptors (Lipinski definition) is 5. The van der Waals surface area contributed by atoms with E-state index in [0.717, 1.165) is 17.0 Å². The van der Waals surface area contributed by atoms with E-state index in [0.29, 0.717) is 5.82 Å². The van der Waals surface area contributed by atoms with Gasteiger partial charge in [0.2, 0.25) is 0 Å². The first-order chi connectivity index (χ1) is 10.4. The summed E-state index contributed by atoms with van der Waals surface area (Å²) in [7, 11) is 0. The van der Waals surface area contributed by atoms with E-state index in [4.69, 9.17) is 0 Å². The number of hydrazone groups is 1. The number of benzene rings is 1. The van der Waals surface area contributed by atoms with E-state index in [9.17, 15) is 0 Å². The Bertz CT molecular complexity index is 670. The van der Waals surface area contributed by atoms with Gasteiger partial charge >= 0.3 is 0 Å². The Balaban J connectivity index is 1.97. The topological polar surface area (TPSA) is 63.1 Å². The SMILES string of the molecule is c1ccc(/C(=N\Nc2ccncn2)c2ccccn2)cc1. The third-order valence-electron chi connectivity index (χ3n) is 2.82. The van der Waals surface area contributed by atoms with Gasteiger partial charge in [0.15, 0.2) is 0 Å². The fraction of sp³-hybridized carbons (Fsp3) is 0. The lowest BCUT2D eigenvalue weighted by atomic mass is 10.1. The molecule has 0 saturated heterocycles. The molecule has 0 aliphatic carbocycles. The van der Waals surface area contributed by atoms with E-state index in [1.165, 1.54) is 6.33 Å². The Morgan fingerprint density at radius 3 is 2.43 bits per heavy atom. The molecule has 5 heteroatoms. The second kappa shape index (κ2) is 6.38. The predicted octanol–water partition coefficient (Wildman–Crippen LogP) is 2.74. The normalized spacial score (nSPS) is 11.1. The largest absolute Gasteiger partial charge is 0.261 e. The summed E-state index contributed by atoms with van der Waals surface area (Å²) in [5.74, 6) is 0.634. The highest BCUT2D eigenvalue weighted by Gasteiger charge is 2.07. The summed E-state index contributed by atoms with van der Waals surface area (Å²) in [6.07, 6.45) is 4.88. The number of rotatable bonds is 4. The van der Waals surface area contributed by atoms with Gasteiger partial charge in [-0.3, -0.25) is 10.4 Å². The minimum atomic E-state index is 0.634. The van der Waals surface area contributed by atoms with Crippen molar-refractivity contribution in [1.82, 2.24) is 15.0 Å². The van der Waals surface area contributed by atoms with Crippen LogP contribution in [0.2, 0.25) is 0 Å². The number of nitrogens with zero attached hydrogens (tertiary/aromatic N) is 4. The van der Waals surface area contributed by atoms with Crippen molar-refractivity contribution < 1.29 is 0 Å². The quantitative estimate of drug-likeness (QED) is 0.587. The average molecular weight is 275 g/mol. The van der Waals surface area contributed by atoms with Gasteiger partial charge in [0.05, 0.1) is 5.69 Å². The van der Waals surface area contributed by atoms with Crippen molar-refractivity contribution in [1.29, 1.82) is 0 Å². The number of hydrogen-bond donors (Lipinski definition) is 1. The van der Waals surface area contributed by atoms with Crippen LogP contribution in [-0.2, 0) is 0 Å². The fourth-order valence-electron chi connectivity index (χ4n) is 1.84. The van der Waals surface area contributed by atoms with Gasteiger partial charge in [0.25, 0.3) is 0 Å². The molecule has 2 heterocycles. The third-order valence-corrected chi connectivity index (χ3v) is 2.82. The van der Waals surface area contributed by atoms with Gasteiger partial charge in [0, 0.05) is 24.0 Å². The Kier molecular flexibility index (Phi) is 3.93. The number of aromatic nitrogens is 3. The van der Waals surface area contributed by atoms with E-state index in [1.807, 2.05) is 48.5 Å². The maximum absolute atomic E-state index is 4.45. The molecule has 0 spiro atoms. The summed E-state index contributed by atoms with van der Waals surface area (Å²) < 4.78 is 0. The monoisotopic (exact) mass is 275 g/mol. The second-order valence-corrected chi connectivity index (χ2v) is 4.25. The van der Waals surface area contributed by atoms with Gasteiger partial charge in [-0.05, 0) is 12.1 Å². The van der Waals surface area contributed by atoms with Crippen molar-refractivity contribution in [3.05, 3.63) is 84.6 Å². The molecule has 3 aromatic rings. The molecule has 0 atom stereocenters. The molecule has 0 bridgehead atoms. The van der Waals surface area contributed by atoms with Gasteiger partial charge in [-0.25, -0.2) is 9.97 Å². The summed E-state index contributed by atoms with van der Waals surface area (Å²) in [4.78, 5) is 12.3. The highest BCUT2D eigenvalue weighted by Crippen LogP contribution is 2.09. The predicted molar refractivity (Wildman–Crippen MR) is 82.0 cm³/mol. The Morgan fingerprint density at radius 1 is 0.857 bits per heavy atom. The molecule has 3 rings (SSSR count). The summed E-state index contributed by atoms with van der Waals surface area (Å²) >= 11 is 0. The lowest BCUT2D eigenvalue weighted by Gasteiger charge is -2.07. The van der Waals surface area contributed by atoms with Crippen molar-refractivity contribution >= 4 is 11.5 Å². The highest BCUT2D eigenvalue weighted by atomic mass is 15.3. The summed E-state index contributed by atoms with van der Waals surface area (Å²) in [6.45, 7) is 0. The van der Waals surface area contributed by atoms with Crippen molar-refractivity contribution in [2.45, 2.75) is 0 Å². The van der Waals surface area contributed by atoms with Gasteiger partial charge in [-0.15, -0.1) is 0 Å². The fourth-order valence-corrected chi connectivity index (χ4v) is 1.84. The van der Waals surface area contributed by atoms with Crippen LogP contribution in [0.5, 0.6) is 0 Å². The van der Waals surface area contributed by atoms with Crippen molar-refractivity contribution in [3.8, 4) is 0 Å². The lowest BCUT2D eigenvalue weighted by Crippen LogP contribution is -2.08. The molecular weight excluding hydrogens is 262 g/mol. The van der Waals surface area contributed by atoms with Crippen LogP contribution in [-0.4, -0.2) is 20.7 Å². The molecule has 0 amide bonds. The Hall–Kier alpha value is -3.08. The lowest BCUT2D eigenvalue weighted by molar-refractivity contribution is 1.13. The van der Waals surface area contributed by atoms with E-state index in [2.05, 4.69) is 25.5 Å². The minimum absolute atomic E-state index is 0.634. The standard InChI is InChI=1S/C16H13N5/c1-2-6-13(7-3-1)16(14-8-4-5-10-18-14)21-20-15-9-11-17-12-19-15/h1-12H,(H,17,19,20)/b21-16+. The molecule has 5 nitrogen and oxygen atoms in total. The first-order valence-corrected chi connectivity index (χ1v) is 6.50. The molecule has 0 unspecified atom stereocenters. The van der Waals surface area contributed by atoms with E-state index < -0.39 is 0 Å². The zero-order valence-electron chi connectivity index (χ0n) is 11.2. The van der Waals surface area contributed by atoms with Crippen LogP contribution in [0.4, 0.5) is 5.82 Å². The molecule has 2 aromatic heterocycles. The van der Waals surface area contributed by atoms with E-state index >= 15 is 0 Å². The Labute approximate surface area is 122 Å². The molecule has 0 radical (unpaired) electrons. The molecular formula is C16H13N5. The summed E-state index contributed by atoms with van der Waals surface area (Å²) in [5.41, 5.74) is 5.48. The first-order valence-electron chi connectivity index (χ1n) is 6.50. The number of nitrogens with one attached hydrogen (secondary N) is 1. The average Bonchev–Trinajstić information content (AvgIpc) is 2.58. The first kappa shape index (κ1) is 12.9. The molecule has 0 aliphatic heterocycles. The highest BCUT2D eigenvalue weighted by molar-refractivity contribution is 6.11. The van der Waals surface area contributed by atoms with Crippen LogP contribution in [0.1, 0.15) is 11.3 Å². The minimum Gasteiger partial charge on any atom is -0.261 e. The molecule has 21 heavy (non-hydrogen) atoms. The van der Waals surface area contributed by atoms with Crippen LogP contribution in [0.25, 0.3) is 0 Å². The molecule has 0 fully saturated rings. The van der Waals surface area contributed by atoms with Gasteiger partial charge in [0.1, 0.15) is 17.9 Å². The van der Waals surface area contributed by atoms with Gasteiger partial charge in [-0.2, -0.15) is 5.10 Å². The zero-order chi connectivity index (χ0) is 14.3. The maximum Gasteiger partial charge on any atom is 0.149 e. The van der Waals surface area contributed by atoms with Crippen molar-refractivity contribution in [2.24, 2.45) is 5.10 Å². The molecule has 0 saturated carbocycles. The summed E-state index contributed by atoms with van der Waals surface area (Å²) in [5, 5.41) is 4.45. The van der Waals surface area contributed by atoms with Gasteiger partial charge < -0.3 is 0 Å². The molecule has 0 aliphatic rings.